The molecule has 0 saturated heterocycles. The van der Waals surface area contributed by atoms with Crippen LogP contribution in [0, 0.1) is 0 Å². The minimum atomic E-state index is -1.85. The number of rotatable bonds is 22. The monoisotopic (exact) mass is 1780 g/mol. The van der Waals surface area contributed by atoms with E-state index in [9.17, 15) is 9.59 Å². The molecule has 5 heterocycles. The van der Waals surface area contributed by atoms with Crippen LogP contribution in [-0.4, -0.2) is 35.8 Å². The number of carbonyl (C=O) groups is 6. The minimum absolute atomic E-state index is 0.00762. The Labute approximate surface area is 770 Å². The van der Waals surface area contributed by atoms with Crippen molar-refractivity contribution in [3.8, 4) is 92.0 Å². The third-order valence-corrected chi connectivity index (χ3v) is 23.3. The molecule has 0 radical (unpaired) electrons. The molecule has 5 aliphatic heterocycles. The molecule has 0 atom stereocenters. The molecule has 0 bridgehead atoms. The van der Waals surface area contributed by atoms with Crippen molar-refractivity contribution >= 4 is 35.8 Å². The highest BCUT2D eigenvalue weighted by Gasteiger charge is 2.54. The van der Waals surface area contributed by atoms with Crippen LogP contribution in [0.2, 0.25) is 0 Å². The van der Waals surface area contributed by atoms with Crippen LogP contribution in [0.3, 0.4) is 0 Å². The van der Waals surface area contributed by atoms with Gasteiger partial charge >= 0.3 is 64.8 Å². The van der Waals surface area contributed by atoms with Gasteiger partial charge in [0.15, 0.2) is 57.5 Å². The van der Waals surface area contributed by atoms with Crippen molar-refractivity contribution in [1.82, 2.24) is 0 Å². The number of fused-ring (bicyclic) bond motifs is 5. The van der Waals surface area contributed by atoms with Gasteiger partial charge < -0.3 is 75.8 Å². The number of carbonyl (C=O) groups excluding carboxylic acids is 6. The molecular formula is C113H70O22. The molecule has 0 aliphatic carbocycles. The van der Waals surface area contributed by atoms with Crippen molar-refractivity contribution in [2.75, 3.05) is 0 Å². The zero-order chi connectivity index (χ0) is 91.3. The molecule has 5 aliphatic rings. The molecule has 0 saturated carbocycles. The first-order valence-electron chi connectivity index (χ1n) is 43.0. The molecule has 0 fully saturated rings. The Morgan fingerprint density at radius 3 is 0.481 bits per heavy atom. The Morgan fingerprint density at radius 1 is 0.156 bits per heavy atom. The van der Waals surface area contributed by atoms with Gasteiger partial charge in [0.2, 0.25) is 28.7 Å². The summed E-state index contributed by atoms with van der Waals surface area (Å²) in [6, 6.07) is 120. The average Bonchev–Trinajstić information content (AvgIpc) is 1.60. The highest BCUT2D eigenvalue weighted by Crippen LogP contribution is 2.60. The largest absolute Gasteiger partial charge is 0.440 e. The van der Waals surface area contributed by atoms with E-state index in [1.807, 2.05) is 158 Å². The summed E-state index contributed by atoms with van der Waals surface area (Å²) in [4.78, 5) is 92.4. The SMILES string of the molecule is O=C(Oc1ccccc1)c1cc(OC(=O)c2cc(OC(=O)c3cc(OC(=O)c4cc(OC(=O)c5cc(OC(=O)c6ccccc6)c6c(c5)OC(c5ccccc5)(c5ccccc5)O6)c5c(c4)OC(c4ccccc4)(c4ccccc4)O5)c4c(c3)OC(c3ccccc3)(c3ccccc3)O4)c3c(c2)OC(c2ccccc2)(c2ccccc2)O3)c2c(c1)OC(c1ccccc1)(c1ccccc1)O2. The number of para-hydroxylation sites is 1. The molecule has 22 nitrogen and oxygen atoms in total. The van der Waals surface area contributed by atoms with Gasteiger partial charge in [-0.25, -0.2) is 28.8 Å². The van der Waals surface area contributed by atoms with E-state index in [4.69, 9.17) is 75.8 Å². The van der Waals surface area contributed by atoms with Crippen LogP contribution in [0.15, 0.2) is 425 Å². The van der Waals surface area contributed by atoms with Crippen molar-refractivity contribution in [2.45, 2.75) is 28.9 Å². The van der Waals surface area contributed by atoms with Gasteiger partial charge in [-0.3, -0.25) is 0 Å². The standard InChI is InChI=1S/C113H70O22/c114-103(71-37-13-1-14-38-71)121-88-62-73(67-94-98(88)131-110(127-94,79-43-19-4-20-44-79)80-45-21-5-22-46-80)105(116)123-90-64-75(69-96-100(90)133-112(129-96,83-51-27-8-28-52-83)84-53-29-9-30-54-84)107(118)125-92-65-76(70-97-102(92)135-113(130-97,85-55-31-10-32-56-85)86-57-33-11-34-58-86)108(119)124-91-63-74(68-95-101(91)134-111(128-95,81-47-23-6-24-48-81)82-49-25-7-26-50-82)106(117)122-89-61-72(104(115)120-87-59-35-12-36-60-87)66-93-99(89)132-109(126-93,77-39-15-2-16-40-77)78-41-17-3-18-42-78/h1-70H. The highest BCUT2D eigenvalue weighted by atomic mass is 16.8. The van der Waals surface area contributed by atoms with Crippen molar-refractivity contribution in [3.05, 3.63) is 514 Å². The molecular weight excluding hydrogens is 1710 g/mol. The lowest BCUT2D eigenvalue weighted by atomic mass is 9.97. The molecule has 0 spiro atoms. The third kappa shape index (κ3) is 15.0. The zero-order valence-corrected chi connectivity index (χ0v) is 70.9. The number of esters is 6. The van der Waals surface area contributed by atoms with E-state index in [1.165, 1.54) is 60.7 Å². The van der Waals surface area contributed by atoms with Crippen molar-refractivity contribution in [2.24, 2.45) is 0 Å². The molecule has 0 N–H and O–H groups in total. The molecule has 22 heteroatoms. The summed E-state index contributed by atoms with van der Waals surface area (Å²) >= 11 is 0. The normalized spacial score (nSPS) is 14.4. The number of hydrogen-bond acceptors (Lipinski definition) is 22. The maximum absolute atomic E-state index is 16.1. The van der Waals surface area contributed by atoms with Gasteiger partial charge in [0, 0.05) is 55.6 Å². The van der Waals surface area contributed by atoms with Gasteiger partial charge in [0.05, 0.1) is 33.4 Å². The van der Waals surface area contributed by atoms with Gasteiger partial charge in [0.1, 0.15) is 5.75 Å². The Bertz CT molecular complexity index is 7250. The fourth-order valence-corrected chi connectivity index (χ4v) is 16.9. The average molecular weight is 1780 g/mol. The maximum atomic E-state index is 16.1. The summed E-state index contributed by atoms with van der Waals surface area (Å²) in [7, 11) is 0. The van der Waals surface area contributed by atoms with Gasteiger partial charge in [-0.2, -0.15) is 0 Å². The Hall–Kier alpha value is -18.4. The van der Waals surface area contributed by atoms with Crippen LogP contribution in [-0.2, 0) is 28.9 Å². The minimum Gasteiger partial charge on any atom is -0.440 e. The van der Waals surface area contributed by atoms with Crippen molar-refractivity contribution in [1.29, 1.82) is 0 Å². The summed E-state index contributed by atoms with van der Waals surface area (Å²) in [6.07, 6.45) is 0. The fraction of sp³-hybridized carbons (Fsp3) is 0.0442. The Kier molecular flexibility index (Phi) is 20.6. The molecule has 17 aromatic carbocycles. The predicted molar refractivity (Wildman–Crippen MR) is 489 cm³/mol. The third-order valence-electron chi connectivity index (χ3n) is 23.3. The Morgan fingerprint density at radius 2 is 0.304 bits per heavy atom. The first-order chi connectivity index (χ1) is 66.2. The van der Waals surface area contributed by atoms with Crippen LogP contribution < -0.4 is 75.8 Å². The topological polar surface area (TPSA) is 250 Å². The van der Waals surface area contributed by atoms with Crippen LogP contribution in [0.1, 0.15) is 118 Å². The van der Waals surface area contributed by atoms with Crippen molar-refractivity contribution in [3.63, 3.8) is 0 Å². The smallest absolute Gasteiger partial charge is 0.343 e. The predicted octanol–water partition coefficient (Wildman–Crippen LogP) is 22.4. The van der Waals surface area contributed by atoms with E-state index < -0.39 is 76.3 Å². The zero-order valence-electron chi connectivity index (χ0n) is 70.9. The number of benzene rings is 17. The second-order valence-electron chi connectivity index (χ2n) is 31.8. The van der Waals surface area contributed by atoms with E-state index in [0.29, 0.717) is 55.6 Å². The van der Waals surface area contributed by atoms with Crippen LogP contribution in [0.4, 0.5) is 0 Å². The highest BCUT2D eigenvalue weighted by molar-refractivity contribution is 6.00. The second-order valence-corrected chi connectivity index (χ2v) is 31.8. The van der Waals surface area contributed by atoms with Crippen LogP contribution in [0.5, 0.6) is 92.0 Å². The van der Waals surface area contributed by atoms with E-state index in [2.05, 4.69) is 0 Å². The molecule has 0 amide bonds. The first-order valence-corrected chi connectivity index (χ1v) is 43.0. The quantitative estimate of drug-likeness (QED) is 0.0451. The van der Waals surface area contributed by atoms with Gasteiger partial charge in [-0.05, 0) is 84.9 Å². The number of ether oxygens (including phenoxy) is 16. The molecule has 654 valence electrons. The van der Waals surface area contributed by atoms with Gasteiger partial charge in [-0.1, -0.05) is 340 Å². The van der Waals surface area contributed by atoms with E-state index >= 15 is 19.2 Å². The first kappa shape index (κ1) is 82.3. The lowest BCUT2D eigenvalue weighted by Gasteiger charge is -2.28. The summed E-state index contributed by atoms with van der Waals surface area (Å²) < 4.78 is 108. The van der Waals surface area contributed by atoms with Gasteiger partial charge in [-0.15, -0.1) is 0 Å². The lowest BCUT2D eigenvalue weighted by Crippen LogP contribution is -2.36. The van der Waals surface area contributed by atoms with Crippen LogP contribution >= 0.6 is 0 Å². The summed E-state index contributed by atoms with van der Waals surface area (Å²) in [6.45, 7) is 0. The second kappa shape index (κ2) is 33.9. The molecule has 0 aromatic heterocycles. The summed E-state index contributed by atoms with van der Waals surface area (Å²) in [5.74, 6) is -17.4. The van der Waals surface area contributed by atoms with Gasteiger partial charge in [0.25, 0.3) is 0 Å². The van der Waals surface area contributed by atoms with Crippen molar-refractivity contribution < 1.29 is 105 Å². The van der Waals surface area contributed by atoms with E-state index in [0.717, 1.165) is 0 Å². The van der Waals surface area contributed by atoms with E-state index in [1.54, 1.807) is 206 Å². The maximum Gasteiger partial charge on any atom is 0.343 e. The molecule has 0 unspecified atom stereocenters. The summed E-state index contributed by atoms with van der Waals surface area (Å²) in [5, 5.41) is 0. The fourth-order valence-electron chi connectivity index (χ4n) is 16.9. The lowest BCUT2D eigenvalue weighted by molar-refractivity contribution is -0.0470. The van der Waals surface area contributed by atoms with Crippen LogP contribution in [0.25, 0.3) is 0 Å². The van der Waals surface area contributed by atoms with E-state index in [-0.39, 0.29) is 114 Å². The summed E-state index contributed by atoms with van der Waals surface area (Å²) in [5.41, 5.74) is 4.02. The molecule has 135 heavy (non-hydrogen) atoms. The Balaban J connectivity index is 0.662. The molecule has 22 rings (SSSR count). The molecule has 17 aromatic rings. The number of hydrogen-bond donors (Lipinski definition) is 0.